The van der Waals surface area contributed by atoms with Crippen LogP contribution in [0.1, 0.15) is 33.0 Å². The Labute approximate surface area is 161 Å². The van der Waals surface area contributed by atoms with Crippen molar-refractivity contribution >= 4 is 29.0 Å². The fourth-order valence-corrected chi connectivity index (χ4v) is 5.65. The number of hydrogen-bond acceptors (Lipinski definition) is 6. The van der Waals surface area contributed by atoms with Crippen LogP contribution < -0.4 is 0 Å². The van der Waals surface area contributed by atoms with Crippen molar-refractivity contribution in [1.82, 2.24) is 9.88 Å². The van der Waals surface area contributed by atoms with Gasteiger partial charge in [0.05, 0.1) is 39.8 Å². The lowest BCUT2D eigenvalue weighted by Crippen LogP contribution is -2.60. The number of aromatic nitrogens is 1. The minimum absolute atomic E-state index is 0.00985. The van der Waals surface area contributed by atoms with Crippen molar-refractivity contribution in [2.45, 2.75) is 30.8 Å². The summed E-state index contributed by atoms with van der Waals surface area (Å²) >= 11 is 3.56. The van der Waals surface area contributed by atoms with Crippen molar-refractivity contribution in [2.75, 3.05) is 18.8 Å². The molecule has 2 saturated heterocycles. The van der Waals surface area contributed by atoms with Gasteiger partial charge >= 0.3 is 0 Å². The fraction of sp³-hybridized carbons (Fsp3) is 0.421. The number of thiazole rings is 1. The van der Waals surface area contributed by atoms with Gasteiger partial charge in [-0.05, 0) is 31.5 Å². The Morgan fingerprint density at radius 1 is 1.50 bits per heavy atom. The summed E-state index contributed by atoms with van der Waals surface area (Å²) in [6.07, 6.45) is 1.20. The lowest BCUT2D eigenvalue weighted by Gasteiger charge is -2.47. The molecule has 1 amide bonds. The highest BCUT2D eigenvalue weighted by atomic mass is 32.2. The molecule has 2 aliphatic rings. The number of aryl methyl sites for hydroxylation is 1. The molecule has 134 valence electrons. The van der Waals surface area contributed by atoms with Gasteiger partial charge in [0.2, 0.25) is 0 Å². The normalized spacial score (nSPS) is 20.8. The molecule has 1 spiro atoms. The number of nitrogens with zero attached hydrogens (tertiary/aromatic N) is 3. The van der Waals surface area contributed by atoms with Gasteiger partial charge in [0.25, 0.3) is 5.91 Å². The number of benzene rings is 1. The second kappa shape index (κ2) is 7.03. The van der Waals surface area contributed by atoms with E-state index >= 15 is 0 Å². The van der Waals surface area contributed by atoms with Crippen LogP contribution in [0.3, 0.4) is 0 Å². The van der Waals surface area contributed by atoms with Crippen LogP contribution in [0.5, 0.6) is 0 Å². The predicted molar refractivity (Wildman–Crippen MR) is 102 cm³/mol. The van der Waals surface area contributed by atoms with E-state index in [1.54, 1.807) is 35.6 Å². The summed E-state index contributed by atoms with van der Waals surface area (Å²) in [5.41, 5.74) is 2.11. The van der Waals surface area contributed by atoms with Gasteiger partial charge in [-0.25, -0.2) is 4.98 Å². The molecule has 2 aromatic rings. The Morgan fingerprint density at radius 3 is 3.08 bits per heavy atom. The maximum Gasteiger partial charge on any atom is 0.253 e. The molecule has 7 heteroatoms. The van der Waals surface area contributed by atoms with Crippen LogP contribution in [0.25, 0.3) is 0 Å². The third-order valence-corrected chi connectivity index (χ3v) is 7.19. The van der Waals surface area contributed by atoms with Gasteiger partial charge in [-0.3, -0.25) is 4.79 Å². The van der Waals surface area contributed by atoms with Crippen LogP contribution in [0.4, 0.5) is 0 Å². The van der Waals surface area contributed by atoms with Crippen molar-refractivity contribution in [1.29, 1.82) is 5.26 Å². The Balaban J connectivity index is 1.30. The third-order valence-electron chi connectivity index (χ3n) is 4.79. The minimum Gasteiger partial charge on any atom is -0.371 e. The van der Waals surface area contributed by atoms with Gasteiger partial charge < -0.3 is 9.64 Å². The van der Waals surface area contributed by atoms with Crippen LogP contribution >= 0.6 is 23.1 Å². The number of nitriles is 1. The average Bonchev–Trinajstić information content (AvgIpc) is 3.24. The molecular weight excluding hydrogens is 366 g/mol. The molecule has 0 aliphatic carbocycles. The maximum absolute atomic E-state index is 12.6. The number of carbonyl (C=O) groups is 1. The minimum atomic E-state index is 0.00985. The number of carbonyl (C=O) groups excluding carboxylic acids is 1. The van der Waals surface area contributed by atoms with Crippen molar-refractivity contribution in [3.8, 4) is 6.07 Å². The zero-order valence-electron chi connectivity index (χ0n) is 14.5. The van der Waals surface area contributed by atoms with E-state index in [1.165, 1.54) is 0 Å². The summed E-state index contributed by atoms with van der Waals surface area (Å²) in [4.78, 5) is 18.9. The molecule has 2 fully saturated rings. The van der Waals surface area contributed by atoms with E-state index in [-0.39, 0.29) is 16.8 Å². The maximum atomic E-state index is 12.6. The first-order valence-electron chi connectivity index (χ1n) is 8.53. The van der Waals surface area contributed by atoms with Gasteiger partial charge in [-0.15, -0.1) is 23.1 Å². The van der Waals surface area contributed by atoms with Crippen LogP contribution in [0.15, 0.2) is 29.6 Å². The highest BCUT2D eigenvalue weighted by Crippen LogP contribution is 2.46. The summed E-state index contributed by atoms with van der Waals surface area (Å²) < 4.78 is 6.16. The molecule has 5 nitrogen and oxygen atoms in total. The van der Waals surface area contributed by atoms with Gasteiger partial charge in [-0.2, -0.15) is 5.26 Å². The second-order valence-electron chi connectivity index (χ2n) is 6.84. The van der Waals surface area contributed by atoms with Crippen molar-refractivity contribution < 1.29 is 9.53 Å². The lowest BCUT2D eigenvalue weighted by atomic mass is 9.92. The first-order chi connectivity index (χ1) is 12.6. The summed E-state index contributed by atoms with van der Waals surface area (Å²) in [6, 6.07) is 9.00. The van der Waals surface area contributed by atoms with E-state index in [9.17, 15) is 4.79 Å². The fourth-order valence-electron chi connectivity index (χ4n) is 3.50. The van der Waals surface area contributed by atoms with E-state index in [4.69, 9.17) is 10.00 Å². The topological polar surface area (TPSA) is 66.2 Å². The van der Waals surface area contributed by atoms with Crippen LogP contribution in [0, 0.1) is 18.3 Å². The van der Waals surface area contributed by atoms with E-state index in [1.807, 2.05) is 29.0 Å². The van der Waals surface area contributed by atoms with Crippen LogP contribution in [0.2, 0.25) is 0 Å². The molecule has 1 aromatic carbocycles. The second-order valence-corrected chi connectivity index (χ2v) is 9.39. The Hall–Kier alpha value is -1.88. The highest BCUT2D eigenvalue weighted by molar-refractivity contribution is 8.01. The number of ether oxygens (including phenoxy) is 1. The molecule has 0 saturated carbocycles. The smallest absolute Gasteiger partial charge is 0.253 e. The summed E-state index contributed by atoms with van der Waals surface area (Å²) in [5.74, 6) is 0.977. The molecule has 1 atom stereocenters. The zero-order chi connectivity index (χ0) is 18.1. The Kier molecular flexibility index (Phi) is 4.74. The molecule has 0 radical (unpaired) electrons. The Morgan fingerprint density at radius 2 is 2.35 bits per heavy atom. The number of amides is 1. The van der Waals surface area contributed by atoms with Crippen molar-refractivity contribution in [3.63, 3.8) is 0 Å². The highest BCUT2D eigenvalue weighted by Gasteiger charge is 2.51. The summed E-state index contributed by atoms with van der Waals surface area (Å²) in [5, 5.41) is 12.1. The molecule has 0 unspecified atom stereocenters. The molecule has 4 rings (SSSR count). The molecule has 26 heavy (non-hydrogen) atoms. The summed E-state index contributed by atoms with van der Waals surface area (Å²) in [6.45, 7) is 4.07. The number of thioether (sulfide) groups is 1. The van der Waals surface area contributed by atoms with Gasteiger partial charge in [0.15, 0.2) is 0 Å². The monoisotopic (exact) mass is 385 g/mol. The first kappa shape index (κ1) is 17.5. The van der Waals surface area contributed by atoms with Crippen molar-refractivity contribution in [2.24, 2.45) is 0 Å². The van der Waals surface area contributed by atoms with Crippen molar-refractivity contribution in [3.05, 3.63) is 51.5 Å². The number of hydrogen-bond donors (Lipinski definition) is 0. The van der Waals surface area contributed by atoms with Gasteiger partial charge in [0.1, 0.15) is 0 Å². The quantitative estimate of drug-likeness (QED) is 0.808. The molecule has 2 aliphatic heterocycles. The number of likely N-dealkylation sites (tertiary alicyclic amines) is 1. The molecule has 1 aromatic heterocycles. The largest absolute Gasteiger partial charge is 0.371 e. The standard InChI is InChI=1S/C19H19N3O2S2/c1-13-21-16(9-25-13)8-24-17-6-19(26-10-17)11-22(12-19)18(23)15-4-2-3-14(5-15)7-20/h2-5,9,17H,6,8,10-12H2,1H3/t17-/m0/s1. The van der Waals surface area contributed by atoms with Gasteiger partial charge in [0, 0.05) is 29.8 Å². The molecule has 0 bridgehead atoms. The van der Waals surface area contributed by atoms with E-state index in [2.05, 4.69) is 11.1 Å². The SMILES string of the molecule is Cc1nc(CO[C@@H]2CSC3(C2)CN(C(=O)c2cccc(C#N)c2)C3)cs1. The van der Waals surface area contributed by atoms with Gasteiger partial charge in [-0.1, -0.05) is 6.07 Å². The average molecular weight is 386 g/mol. The van der Waals surface area contributed by atoms with Crippen LogP contribution in [-0.4, -0.2) is 45.5 Å². The van der Waals surface area contributed by atoms with Crippen LogP contribution in [-0.2, 0) is 11.3 Å². The van der Waals surface area contributed by atoms with E-state index in [0.29, 0.717) is 17.7 Å². The zero-order valence-corrected chi connectivity index (χ0v) is 16.1. The predicted octanol–water partition coefficient (Wildman–Crippen LogP) is 3.24. The molecule has 0 N–H and O–H groups in total. The number of rotatable bonds is 4. The summed E-state index contributed by atoms with van der Waals surface area (Å²) in [7, 11) is 0. The molecule has 3 heterocycles. The third kappa shape index (κ3) is 3.50. The van der Waals surface area contributed by atoms with E-state index < -0.39 is 0 Å². The van der Waals surface area contributed by atoms with E-state index in [0.717, 1.165) is 36.0 Å². The Bertz CT molecular complexity index is 868. The molecular formula is C19H19N3O2S2. The lowest BCUT2D eigenvalue weighted by molar-refractivity contribution is 0.0246. The first-order valence-corrected chi connectivity index (χ1v) is 10.4.